The van der Waals surface area contributed by atoms with Crippen molar-refractivity contribution in [2.75, 3.05) is 11.4 Å². The van der Waals surface area contributed by atoms with Crippen LogP contribution in [0.15, 0.2) is 42.9 Å². The quantitative estimate of drug-likeness (QED) is 0.631. The SMILES string of the molecule is Cc1ccc(N(CC2CCCC(C)(Cn3cnc4ccc(C#N)cc43)C2)C(=O)O)cn1. The van der Waals surface area contributed by atoms with Crippen molar-refractivity contribution in [3.05, 3.63) is 54.1 Å². The van der Waals surface area contributed by atoms with Gasteiger partial charge in [-0.15, -0.1) is 0 Å². The predicted molar refractivity (Wildman–Crippen MR) is 119 cm³/mol. The summed E-state index contributed by atoms with van der Waals surface area (Å²) in [7, 11) is 0. The van der Waals surface area contributed by atoms with Gasteiger partial charge in [0.1, 0.15) is 0 Å². The molecule has 1 N–H and O–H groups in total. The van der Waals surface area contributed by atoms with E-state index in [0.717, 1.165) is 49.0 Å². The monoisotopic (exact) mass is 417 g/mol. The molecule has 1 amide bonds. The number of amides is 1. The molecule has 3 aromatic rings. The molecule has 31 heavy (non-hydrogen) atoms. The Kier molecular flexibility index (Phi) is 5.64. The molecule has 2 atom stereocenters. The molecule has 2 heterocycles. The highest BCUT2D eigenvalue weighted by molar-refractivity contribution is 5.85. The predicted octanol–water partition coefficient (Wildman–Crippen LogP) is 4.99. The number of pyridine rings is 1. The summed E-state index contributed by atoms with van der Waals surface area (Å²) in [5.74, 6) is 0.278. The van der Waals surface area contributed by atoms with Crippen LogP contribution in [0.5, 0.6) is 0 Å². The Balaban J connectivity index is 1.51. The summed E-state index contributed by atoms with van der Waals surface area (Å²) in [6.45, 7) is 5.44. The number of carbonyl (C=O) groups is 1. The number of nitriles is 1. The van der Waals surface area contributed by atoms with Gasteiger partial charge in [-0.05, 0) is 67.9 Å². The lowest BCUT2D eigenvalue weighted by molar-refractivity contribution is 0.136. The number of hydrogen-bond donors (Lipinski definition) is 1. The van der Waals surface area contributed by atoms with E-state index in [1.807, 2.05) is 37.5 Å². The molecule has 1 fully saturated rings. The van der Waals surface area contributed by atoms with Crippen LogP contribution in [0.4, 0.5) is 10.5 Å². The molecule has 0 bridgehead atoms. The molecule has 7 heteroatoms. The second-order valence-electron chi connectivity index (χ2n) is 9.01. The molecule has 2 unspecified atom stereocenters. The van der Waals surface area contributed by atoms with Crippen molar-refractivity contribution < 1.29 is 9.90 Å². The maximum absolute atomic E-state index is 11.9. The van der Waals surface area contributed by atoms with Crippen LogP contribution in [-0.2, 0) is 6.54 Å². The van der Waals surface area contributed by atoms with E-state index in [9.17, 15) is 15.2 Å². The molecule has 1 saturated carbocycles. The van der Waals surface area contributed by atoms with Crippen LogP contribution in [0.25, 0.3) is 11.0 Å². The van der Waals surface area contributed by atoms with Crippen molar-refractivity contribution in [2.24, 2.45) is 11.3 Å². The van der Waals surface area contributed by atoms with Crippen molar-refractivity contribution in [3.63, 3.8) is 0 Å². The fourth-order valence-electron chi connectivity index (χ4n) is 4.85. The third-order valence-corrected chi connectivity index (χ3v) is 6.36. The zero-order valence-electron chi connectivity index (χ0n) is 18.0. The van der Waals surface area contributed by atoms with Gasteiger partial charge in [0, 0.05) is 18.8 Å². The molecule has 0 radical (unpaired) electrons. The molecular weight excluding hydrogens is 390 g/mol. The number of benzene rings is 1. The lowest BCUT2D eigenvalue weighted by atomic mass is 9.70. The minimum absolute atomic E-state index is 0.0366. The third kappa shape index (κ3) is 4.53. The van der Waals surface area contributed by atoms with E-state index in [-0.39, 0.29) is 11.3 Å². The summed E-state index contributed by atoms with van der Waals surface area (Å²) in [4.78, 5) is 22.1. The van der Waals surface area contributed by atoms with Crippen LogP contribution >= 0.6 is 0 Å². The molecule has 4 rings (SSSR count). The first kappa shape index (κ1) is 20.9. The number of imidazole rings is 1. The smallest absolute Gasteiger partial charge is 0.411 e. The van der Waals surface area contributed by atoms with Gasteiger partial charge in [0.2, 0.25) is 0 Å². The van der Waals surface area contributed by atoms with E-state index in [1.165, 1.54) is 4.90 Å². The molecule has 2 aromatic heterocycles. The first-order valence-electron chi connectivity index (χ1n) is 10.6. The molecule has 0 aliphatic heterocycles. The number of aromatic nitrogens is 3. The molecule has 0 saturated heterocycles. The first-order valence-corrected chi connectivity index (χ1v) is 10.6. The molecular formula is C24H27N5O2. The summed E-state index contributed by atoms with van der Waals surface area (Å²) < 4.78 is 2.14. The van der Waals surface area contributed by atoms with E-state index in [1.54, 1.807) is 12.3 Å². The zero-order chi connectivity index (χ0) is 22.0. The summed E-state index contributed by atoms with van der Waals surface area (Å²) in [6.07, 6.45) is 6.65. The van der Waals surface area contributed by atoms with Crippen molar-refractivity contribution >= 4 is 22.8 Å². The molecule has 1 aromatic carbocycles. The maximum Gasteiger partial charge on any atom is 0.411 e. The van der Waals surface area contributed by atoms with Gasteiger partial charge < -0.3 is 9.67 Å². The van der Waals surface area contributed by atoms with Crippen molar-refractivity contribution in [1.29, 1.82) is 5.26 Å². The van der Waals surface area contributed by atoms with E-state index >= 15 is 0 Å². The Morgan fingerprint density at radius 2 is 2.19 bits per heavy atom. The van der Waals surface area contributed by atoms with E-state index < -0.39 is 6.09 Å². The second kappa shape index (κ2) is 8.38. The zero-order valence-corrected chi connectivity index (χ0v) is 18.0. The van der Waals surface area contributed by atoms with Crippen LogP contribution in [0.1, 0.15) is 43.9 Å². The lowest BCUT2D eigenvalue weighted by Gasteiger charge is -2.40. The van der Waals surface area contributed by atoms with Crippen LogP contribution in [0.3, 0.4) is 0 Å². The Hall–Kier alpha value is -3.40. The van der Waals surface area contributed by atoms with Crippen LogP contribution < -0.4 is 4.90 Å². The van der Waals surface area contributed by atoms with E-state index in [0.29, 0.717) is 17.8 Å². The number of aryl methyl sites for hydroxylation is 1. The number of fused-ring (bicyclic) bond motifs is 1. The topological polar surface area (TPSA) is 95.0 Å². The minimum Gasteiger partial charge on any atom is -0.465 e. The number of nitrogens with zero attached hydrogens (tertiary/aromatic N) is 5. The summed E-state index contributed by atoms with van der Waals surface area (Å²) >= 11 is 0. The van der Waals surface area contributed by atoms with Crippen LogP contribution in [-0.4, -0.2) is 32.3 Å². The van der Waals surface area contributed by atoms with Crippen molar-refractivity contribution in [3.8, 4) is 6.07 Å². The largest absolute Gasteiger partial charge is 0.465 e. The maximum atomic E-state index is 11.9. The number of rotatable bonds is 5. The fraction of sp³-hybridized carbons (Fsp3) is 0.417. The Morgan fingerprint density at radius 3 is 2.90 bits per heavy atom. The van der Waals surface area contributed by atoms with Crippen LogP contribution in [0.2, 0.25) is 0 Å². The number of anilines is 1. The molecule has 0 spiro atoms. The van der Waals surface area contributed by atoms with Gasteiger partial charge in [0.05, 0.1) is 40.9 Å². The molecule has 7 nitrogen and oxygen atoms in total. The number of hydrogen-bond acceptors (Lipinski definition) is 4. The molecule has 160 valence electrons. The fourth-order valence-corrected chi connectivity index (χ4v) is 4.85. The highest BCUT2D eigenvalue weighted by atomic mass is 16.4. The van der Waals surface area contributed by atoms with Crippen LogP contribution in [0, 0.1) is 29.6 Å². The van der Waals surface area contributed by atoms with E-state index in [2.05, 4.69) is 27.5 Å². The average Bonchev–Trinajstić information content (AvgIpc) is 3.14. The standard InChI is InChI=1S/C24H27N5O2/c1-17-5-7-20(13-26-17)29(23(30)31)14-19-4-3-9-24(2,11-19)15-28-16-27-21-8-6-18(12-25)10-22(21)28/h5-8,10,13,16,19H,3-4,9,11,14-15H2,1-2H3,(H,30,31). The first-order chi connectivity index (χ1) is 14.9. The average molecular weight is 418 g/mol. The second-order valence-corrected chi connectivity index (χ2v) is 9.01. The highest BCUT2D eigenvalue weighted by Gasteiger charge is 2.34. The van der Waals surface area contributed by atoms with Gasteiger partial charge in [-0.1, -0.05) is 13.3 Å². The molecule has 1 aliphatic rings. The molecule has 1 aliphatic carbocycles. The highest BCUT2D eigenvalue weighted by Crippen LogP contribution is 2.41. The van der Waals surface area contributed by atoms with Gasteiger partial charge in [0.15, 0.2) is 0 Å². The summed E-state index contributed by atoms with van der Waals surface area (Å²) in [6, 6.07) is 11.4. The van der Waals surface area contributed by atoms with Gasteiger partial charge in [-0.25, -0.2) is 9.78 Å². The van der Waals surface area contributed by atoms with Gasteiger partial charge in [0.25, 0.3) is 0 Å². The Labute approximate surface area is 182 Å². The summed E-state index contributed by atoms with van der Waals surface area (Å²) in [5, 5.41) is 19.0. The third-order valence-electron chi connectivity index (χ3n) is 6.36. The van der Waals surface area contributed by atoms with Gasteiger partial charge in [-0.3, -0.25) is 9.88 Å². The Bertz CT molecular complexity index is 1130. The van der Waals surface area contributed by atoms with Crippen molar-refractivity contribution in [2.45, 2.75) is 46.1 Å². The minimum atomic E-state index is -0.942. The van der Waals surface area contributed by atoms with Crippen molar-refractivity contribution in [1.82, 2.24) is 14.5 Å². The number of carboxylic acid groups (broad SMARTS) is 1. The Morgan fingerprint density at radius 1 is 1.35 bits per heavy atom. The van der Waals surface area contributed by atoms with Gasteiger partial charge >= 0.3 is 6.09 Å². The van der Waals surface area contributed by atoms with E-state index in [4.69, 9.17) is 0 Å². The normalized spacial score (nSPS) is 21.0. The lowest BCUT2D eigenvalue weighted by Crippen LogP contribution is -2.39. The van der Waals surface area contributed by atoms with Gasteiger partial charge in [-0.2, -0.15) is 5.26 Å². The summed E-state index contributed by atoms with van der Waals surface area (Å²) in [5.41, 5.74) is 4.01.